The molecule has 1 aliphatic heterocycles. The molecule has 2 aliphatic rings. The number of nitrogens with zero attached hydrogens (tertiary/aromatic N) is 5. The molecule has 1 saturated heterocycles. The van der Waals surface area contributed by atoms with Crippen LogP contribution in [0.25, 0.3) is 16.3 Å². The molecule has 0 spiro atoms. The summed E-state index contributed by atoms with van der Waals surface area (Å²) in [7, 11) is 0. The van der Waals surface area contributed by atoms with E-state index in [1.165, 1.54) is 30.2 Å². The monoisotopic (exact) mass is 459 g/mol. The van der Waals surface area contributed by atoms with Gasteiger partial charge < -0.3 is 10.1 Å². The van der Waals surface area contributed by atoms with Crippen LogP contribution in [0.1, 0.15) is 43.8 Å². The maximum absolute atomic E-state index is 13.7. The van der Waals surface area contributed by atoms with E-state index >= 15 is 0 Å². The van der Waals surface area contributed by atoms with Gasteiger partial charge in [0.2, 0.25) is 0 Å². The van der Waals surface area contributed by atoms with Crippen molar-refractivity contribution in [2.24, 2.45) is 0 Å². The molecular formula is C20H22FN7OS2. The lowest BCUT2D eigenvalue weighted by molar-refractivity contribution is 0.0904. The number of hydrogen-bond donors (Lipinski definition) is 2. The zero-order chi connectivity index (χ0) is 21.4. The molecule has 0 amide bonds. The molecule has 2 N–H and O–H groups in total. The lowest BCUT2D eigenvalue weighted by Crippen LogP contribution is -2.28. The van der Waals surface area contributed by atoms with Crippen molar-refractivity contribution in [1.82, 2.24) is 24.3 Å². The number of halogens is 1. The topological polar surface area (TPSA) is 100 Å². The highest BCUT2D eigenvalue weighted by atomic mass is 32.2. The van der Waals surface area contributed by atoms with Gasteiger partial charge in [0.05, 0.1) is 23.5 Å². The lowest BCUT2D eigenvalue weighted by atomic mass is 10.1. The second-order valence-electron chi connectivity index (χ2n) is 7.92. The van der Waals surface area contributed by atoms with E-state index in [1.54, 1.807) is 6.20 Å². The Morgan fingerprint density at radius 1 is 1.39 bits per heavy atom. The molecule has 1 unspecified atom stereocenters. The molecule has 1 aliphatic carbocycles. The van der Waals surface area contributed by atoms with Gasteiger partial charge in [0.1, 0.15) is 5.54 Å². The first-order valence-corrected chi connectivity index (χ1v) is 11.9. The number of pyridine rings is 1. The molecule has 0 radical (unpaired) electrons. The van der Waals surface area contributed by atoms with E-state index in [2.05, 4.69) is 37.4 Å². The summed E-state index contributed by atoms with van der Waals surface area (Å²) in [6, 6.07) is 4.75. The van der Waals surface area contributed by atoms with Gasteiger partial charge in [0, 0.05) is 30.3 Å². The molecule has 3 aromatic heterocycles. The van der Waals surface area contributed by atoms with Crippen molar-refractivity contribution in [3.63, 3.8) is 0 Å². The molecule has 3 aromatic rings. The standard InChI is InChI=1S/C20H22FN7OS2/c1-12(21)18-25-26-19(30-18)17-23-9-16-15(24-13-2-6-29-7-3-13)8-14(10-28(16)17)31-27-20(11-22)4-5-20/h8-10,12-13,24,27H,2-7H2,1H3. The first-order chi connectivity index (χ1) is 15.1. The Bertz CT molecular complexity index is 1130. The number of imidazole rings is 1. The van der Waals surface area contributed by atoms with E-state index in [4.69, 9.17) is 4.74 Å². The highest BCUT2D eigenvalue weighted by Crippen LogP contribution is 2.39. The van der Waals surface area contributed by atoms with Crippen LogP contribution in [-0.2, 0) is 4.74 Å². The Morgan fingerprint density at radius 2 is 2.19 bits per heavy atom. The van der Waals surface area contributed by atoms with E-state index in [9.17, 15) is 9.65 Å². The van der Waals surface area contributed by atoms with Gasteiger partial charge in [-0.15, -0.1) is 10.2 Å². The average Bonchev–Trinajstić information content (AvgIpc) is 3.18. The van der Waals surface area contributed by atoms with Crippen molar-refractivity contribution in [1.29, 1.82) is 5.26 Å². The van der Waals surface area contributed by atoms with Gasteiger partial charge in [-0.25, -0.2) is 14.1 Å². The predicted octanol–water partition coefficient (Wildman–Crippen LogP) is 4.13. The second kappa shape index (κ2) is 8.35. The second-order valence-corrected chi connectivity index (χ2v) is 9.81. The average molecular weight is 460 g/mol. The van der Waals surface area contributed by atoms with Crippen molar-refractivity contribution in [2.45, 2.75) is 55.3 Å². The third kappa shape index (κ3) is 4.25. The van der Waals surface area contributed by atoms with E-state index < -0.39 is 11.7 Å². The Hall–Kier alpha value is -2.26. The van der Waals surface area contributed by atoms with Crippen LogP contribution in [0.5, 0.6) is 0 Å². The number of anilines is 1. The molecule has 11 heteroatoms. The van der Waals surface area contributed by atoms with E-state index in [-0.39, 0.29) is 0 Å². The number of alkyl halides is 1. The Labute approximate surface area is 187 Å². The van der Waals surface area contributed by atoms with Gasteiger partial charge in [0.15, 0.2) is 22.0 Å². The third-order valence-corrected chi connectivity index (χ3v) is 7.52. The number of nitriles is 1. The molecule has 8 nitrogen and oxygen atoms in total. The van der Waals surface area contributed by atoms with E-state index in [0.717, 1.165) is 55.0 Å². The van der Waals surface area contributed by atoms with Crippen molar-refractivity contribution >= 4 is 34.5 Å². The number of rotatable bonds is 7. The Kier molecular flexibility index (Phi) is 5.56. The van der Waals surface area contributed by atoms with Crippen molar-refractivity contribution < 1.29 is 9.13 Å². The van der Waals surface area contributed by atoms with Crippen LogP contribution in [0.15, 0.2) is 23.4 Å². The minimum atomic E-state index is -1.17. The molecule has 31 heavy (non-hydrogen) atoms. The number of hydrogen-bond acceptors (Lipinski definition) is 9. The van der Waals surface area contributed by atoms with Gasteiger partial charge in [-0.3, -0.25) is 4.40 Å². The summed E-state index contributed by atoms with van der Waals surface area (Å²) < 4.78 is 24.4. The van der Waals surface area contributed by atoms with Crippen molar-refractivity contribution in [2.75, 3.05) is 18.5 Å². The summed E-state index contributed by atoms with van der Waals surface area (Å²) in [6.45, 7) is 2.94. The van der Waals surface area contributed by atoms with E-state index in [0.29, 0.717) is 21.9 Å². The minimum Gasteiger partial charge on any atom is -0.381 e. The van der Waals surface area contributed by atoms with Gasteiger partial charge >= 0.3 is 0 Å². The number of ether oxygens (including phenoxy) is 1. The molecule has 162 valence electrons. The molecule has 4 heterocycles. The van der Waals surface area contributed by atoms with Crippen LogP contribution < -0.4 is 10.0 Å². The Morgan fingerprint density at radius 3 is 2.87 bits per heavy atom. The molecule has 5 rings (SSSR count). The van der Waals surface area contributed by atoms with Crippen LogP contribution in [0, 0.1) is 11.3 Å². The number of nitrogens with one attached hydrogen (secondary N) is 2. The van der Waals surface area contributed by atoms with Gasteiger partial charge in [-0.2, -0.15) is 5.26 Å². The summed E-state index contributed by atoms with van der Waals surface area (Å²) in [4.78, 5) is 5.52. The first kappa shape index (κ1) is 20.6. The summed E-state index contributed by atoms with van der Waals surface area (Å²) in [5.74, 6) is 0.623. The van der Waals surface area contributed by atoms with Crippen molar-refractivity contribution in [3.8, 4) is 16.9 Å². The third-order valence-electron chi connectivity index (χ3n) is 5.50. The fourth-order valence-corrected chi connectivity index (χ4v) is 5.13. The SMILES string of the molecule is CC(F)c1nnc(-c2ncc3c(NC4CCOCC4)cc(SNC4(C#N)CC4)cn23)s1. The molecule has 0 aromatic carbocycles. The first-order valence-electron chi connectivity index (χ1n) is 10.3. The lowest BCUT2D eigenvalue weighted by Gasteiger charge is -2.25. The quantitative estimate of drug-likeness (QED) is 0.509. The zero-order valence-corrected chi connectivity index (χ0v) is 18.6. The molecule has 0 bridgehead atoms. The maximum Gasteiger partial charge on any atom is 0.184 e. The van der Waals surface area contributed by atoms with E-state index in [1.807, 2.05) is 10.6 Å². The van der Waals surface area contributed by atoms with Crippen LogP contribution in [0.4, 0.5) is 10.1 Å². The van der Waals surface area contributed by atoms with Gasteiger partial charge in [0.25, 0.3) is 0 Å². The highest BCUT2D eigenvalue weighted by Gasteiger charge is 2.43. The number of aromatic nitrogens is 4. The summed E-state index contributed by atoms with van der Waals surface area (Å²) in [6.07, 6.45) is 6.20. The Balaban J connectivity index is 1.51. The number of fused-ring (bicyclic) bond motifs is 1. The largest absolute Gasteiger partial charge is 0.381 e. The van der Waals surface area contributed by atoms with Crippen LogP contribution >= 0.6 is 23.3 Å². The van der Waals surface area contributed by atoms with Crippen LogP contribution in [-0.4, -0.2) is 44.4 Å². The molecular weight excluding hydrogens is 437 g/mol. The minimum absolute atomic E-state index is 0.318. The molecule has 1 saturated carbocycles. The predicted molar refractivity (Wildman–Crippen MR) is 118 cm³/mol. The smallest absolute Gasteiger partial charge is 0.184 e. The maximum atomic E-state index is 13.7. The van der Waals surface area contributed by atoms with Crippen LogP contribution in [0.2, 0.25) is 0 Å². The van der Waals surface area contributed by atoms with Gasteiger partial charge in [-0.1, -0.05) is 11.3 Å². The zero-order valence-electron chi connectivity index (χ0n) is 17.0. The normalized spacial score (nSPS) is 19.3. The summed E-state index contributed by atoms with van der Waals surface area (Å²) in [5.41, 5.74) is 1.44. The summed E-state index contributed by atoms with van der Waals surface area (Å²) in [5, 5.41) is 22.0. The van der Waals surface area contributed by atoms with Gasteiger partial charge in [-0.05, 0) is 50.6 Å². The summed E-state index contributed by atoms with van der Waals surface area (Å²) >= 11 is 2.65. The molecule has 2 fully saturated rings. The fourth-order valence-electron chi connectivity index (χ4n) is 3.47. The fraction of sp³-hybridized carbons (Fsp3) is 0.500. The molecule has 1 atom stereocenters. The highest BCUT2D eigenvalue weighted by molar-refractivity contribution is 7.97. The van der Waals surface area contributed by atoms with Crippen molar-refractivity contribution in [3.05, 3.63) is 23.5 Å². The van der Waals surface area contributed by atoms with Crippen LogP contribution in [0.3, 0.4) is 0 Å².